The Hall–Kier alpha value is -2.52. The van der Waals surface area contributed by atoms with E-state index in [0.717, 1.165) is 25.7 Å². The standard InChI is InChI=1S/C25H32FN3O4S/c1-18-24(23(33-28-18)15-14-19-9-6-7-13-22(19)26)34(31,32)29-16-8-10-20(17-29)25(30)27-21-11-4-2-3-5-12-21/h6-7,9,13-15,20-21H,2-5,8,10-12,16-17H2,1H3,(H,27,30). The number of nitrogens with zero attached hydrogens (tertiary/aromatic N) is 2. The van der Waals surface area contributed by atoms with Crippen LogP contribution in [0.4, 0.5) is 4.39 Å². The third-order valence-corrected chi connectivity index (χ3v) is 8.73. The van der Waals surface area contributed by atoms with Crippen LogP contribution in [0.1, 0.15) is 68.4 Å². The molecule has 1 aliphatic heterocycles. The summed E-state index contributed by atoms with van der Waals surface area (Å²) >= 11 is 0. The fraction of sp³-hybridized carbons (Fsp3) is 0.520. The molecule has 2 aromatic rings. The Morgan fingerprint density at radius 1 is 1.12 bits per heavy atom. The van der Waals surface area contributed by atoms with E-state index in [2.05, 4.69) is 10.5 Å². The summed E-state index contributed by atoms with van der Waals surface area (Å²) in [6, 6.07) is 6.37. The molecular weight excluding hydrogens is 457 g/mol. The van der Waals surface area contributed by atoms with Gasteiger partial charge in [-0.25, -0.2) is 12.8 Å². The van der Waals surface area contributed by atoms with Crippen LogP contribution >= 0.6 is 0 Å². The Bertz CT molecular complexity index is 1140. The Kier molecular flexibility index (Phi) is 7.83. The van der Waals surface area contributed by atoms with Crippen LogP contribution in [0.2, 0.25) is 0 Å². The van der Waals surface area contributed by atoms with Gasteiger partial charge in [-0.2, -0.15) is 4.31 Å². The second kappa shape index (κ2) is 10.8. The van der Waals surface area contributed by atoms with E-state index < -0.39 is 15.8 Å². The van der Waals surface area contributed by atoms with Crippen LogP contribution in [-0.4, -0.2) is 42.9 Å². The van der Waals surface area contributed by atoms with Crippen molar-refractivity contribution in [1.82, 2.24) is 14.8 Å². The van der Waals surface area contributed by atoms with E-state index in [-0.39, 0.29) is 40.8 Å². The smallest absolute Gasteiger partial charge is 0.248 e. The van der Waals surface area contributed by atoms with Crippen molar-refractivity contribution >= 4 is 28.1 Å². The van der Waals surface area contributed by atoms with Crippen LogP contribution in [0.25, 0.3) is 12.2 Å². The maximum Gasteiger partial charge on any atom is 0.248 e. The molecular formula is C25H32FN3O4S. The number of hydrogen-bond acceptors (Lipinski definition) is 5. The van der Waals surface area contributed by atoms with Crippen molar-refractivity contribution < 1.29 is 22.1 Å². The van der Waals surface area contributed by atoms with Gasteiger partial charge >= 0.3 is 0 Å². The first-order valence-electron chi connectivity index (χ1n) is 12.1. The van der Waals surface area contributed by atoms with Gasteiger partial charge in [0.25, 0.3) is 0 Å². The second-order valence-corrected chi connectivity index (χ2v) is 11.1. The van der Waals surface area contributed by atoms with E-state index in [1.54, 1.807) is 25.1 Å². The van der Waals surface area contributed by atoms with Gasteiger partial charge in [0, 0.05) is 24.7 Å². The van der Waals surface area contributed by atoms with E-state index >= 15 is 0 Å². The zero-order chi connectivity index (χ0) is 24.1. The molecule has 2 fully saturated rings. The molecule has 4 rings (SSSR count). The maximum absolute atomic E-state index is 14.0. The lowest BCUT2D eigenvalue weighted by atomic mass is 9.97. The summed E-state index contributed by atoms with van der Waals surface area (Å²) in [7, 11) is -3.95. The molecule has 2 heterocycles. The van der Waals surface area contributed by atoms with Crippen LogP contribution in [0, 0.1) is 18.7 Å². The molecule has 1 aromatic carbocycles. The number of hydrogen-bond donors (Lipinski definition) is 1. The van der Waals surface area contributed by atoms with Crippen LogP contribution in [0.3, 0.4) is 0 Å². The third kappa shape index (κ3) is 5.58. The van der Waals surface area contributed by atoms with E-state index in [9.17, 15) is 17.6 Å². The number of aryl methyl sites for hydroxylation is 1. The van der Waals surface area contributed by atoms with Crippen LogP contribution in [0.15, 0.2) is 33.7 Å². The quantitative estimate of drug-likeness (QED) is 0.602. The Balaban J connectivity index is 1.50. The predicted molar refractivity (Wildman–Crippen MR) is 128 cm³/mol. The monoisotopic (exact) mass is 489 g/mol. The molecule has 1 amide bonds. The highest BCUT2D eigenvalue weighted by molar-refractivity contribution is 7.89. The summed E-state index contributed by atoms with van der Waals surface area (Å²) in [5.41, 5.74) is 0.548. The average Bonchev–Trinajstić information content (AvgIpc) is 3.02. The van der Waals surface area contributed by atoms with E-state index in [0.29, 0.717) is 24.9 Å². The third-order valence-electron chi connectivity index (χ3n) is 6.71. The van der Waals surface area contributed by atoms with Crippen molar-refractivity contribution in [2.24, 2.45) is 5.92 Å². The van der Waals surface area contributed by atoms with Crippen molar-refractivity contribution in [2.45, 2.75) is 69.2 Å². The van der Waals surface area contributed by atoms with E-state index in [1.165, 1.54) is 35.4 Å². The minimum absolute atomic E-state index is 0.0371. The first-order chi connectivity index (χ1) is 16.4. The minimum atomic E-state index is -3.95. The van der Waals surface area contributed by atoms with Crippen molar-refractivity contribution in [1.29, 1.82) is 0 Å². The Morgan fingerprint density at radius 3 is 2.59 bits per heavy atom. The van der Waals surface area contributed by atoms with Gasteiger partial charge in [0.1, 0.15) is 11.5 Å². The van der Waals surface area contributed by atoms with E-state index in [1.807, 2.05) is 0 Å². The number of rotatable bonds is 6. The zero-order valence-corrected chi connectivity index (χ0v) is 20.3. The van der Waals surface area contributed by atoms with Gasteiger partial charge in [-0.15, -0.1) is 0 Å². The SMILES string of the molecule is Cc1noc(C=Cc2ccccc2F)c1S(=O)(=O)N1CCCC(C(=O)NC2CCCCCC2)C1. The number of carbonyl (C=O) groups excluding carboxylic acids is 1. The lowest BCUT2D eigenvalue weighted by molar-refractivity contribution is -0.126. The fourth-order valence-electron chi connectivity index (χ4n) is 4.82. The van der Waals surface area contributed by atoms with Gasteiger partial charge in [0.2, 0.25) is 15.9 Å². The topological polar surface area (TPSA) is 92.5 Å². The summed E-state index contributed by atoms with van der Waals surface area (Å²) in [4.78, 5) is 12.9. The lowest BCUT2D eigenvalue weighted by Crippen LogP contribution is -2.47. The largest absolute Gasteiger partial charge is 0.355 e. The van der Waals surface area contributed by atoms with Gasteiger partial charge < -0.3 is 9.84 Å². The highest BCUT2D eigenvalue weighted by atomic mass is 32.2. The maximum atomic E-state index is 14.0. The van der Waals surface area contributed by atoms with Crippen molar-refractivity contribution in [3.63, 3.8) is 0 Å². The molecule has 1 atom stereocenters. The highest BCUT2D eigenvalue weighted by Gasteiger charge is 2.37. The summed E-state index contributed by atoms with van der Waals surface area (Å²) in [6.07, 6.45) is 10.8. The average molecular weight is 490 g/mol. The van der Waals surface area contributed by atoms with Crippen LogP contribution < -0.4 is 5.32 Å². The van der Waals surface area contributed by atoms with Crippen molar-refractivity contribution in [3.05, 3.63) is 47.1 Å². The predicted octanol–water partition coefficient (Wildman–Crippen LogP) is 4.53. The van der Waals surface area contributed by atoms with Gasteiger partial charge in [0.15, 0.2) is 10.7 Å². The number of nitrogens with one attached hydrogen (secondary N) is 1. The molecule has 1 saturated heterocycles. The molecule has 0 bridgehead atoms. The summed E-state index contributed by atoms with van der Waals surface area (Å²) in [6.45, 7) is 2.02. The van der Waals surface area contributed by atoms with Gasteiger partial charge in [-0.3, -0.25) is 4.79 Å². The molecule has 0 radical (unpaired) electrons. The zero-order valence-electron chi connectivity index (χ0n) is 19.5. The van der Waals surface area contributed by atoms with Crippen LogP contribution in [0.5, 0.6) is 0 Å². The number of carbonyl (C=O) groups is 1. The molecule has 2 aliphatic rings. The first kappa shape index (κ1) is 24.6. The molecule has 7 nitrogen and oxygen atoms in total. The number of benzene rings is 1. The molecule has 9 heteroatoms. The van der Waals surface area contributed by atoms with Crippen LogP contribution in [-0.2, 0) is 14.8 Å². The molecule has 1 unspecified atom stereocenters. The summed E-state index contributed by atoms with van der Waals surface area (Å²) in [5.74, 6) is -0.818. The molecule has 1 aromatic heterocycles. The van der Waals surface area contributed by atoms with Gasteiger partial charge in [0.05, 0.1) is 5.92 Å². The number of sulfonamides is 1. The molecule has 184 valence electrons. The molecule has 0 spiro atoms. The van der Waals surface area contributed by atoms with E-state index in [4.69, 9.17) is 4.52 Å². The van der Waals surface area contributed by atoms with Gasteiger partial charge in [-0.1, -0.05) is 49.0 Å². The van der Waals surface area contributed by atoms with Crippen molar-refractivity contribution in [3.8, 4) is 0 Å². The molecule has 1 saturated carbocycles. The number of aromatic nitrogens is 1. The summed E-state index contributed by atoms with van der Waals surface area (Å²) < 4.78 is 47.7. The summed E-state index contributed by atoms with van der Waals surface area (Å²) in [5, 5.41) is 7.01. The molecule has 1 N–H and O–H groups in total. The Morgan fingerprint density at radius 2 is 1.85 bits per heavy atom. The number of amides is 1. The molecule has 34 heavy (non-hydrogen) atoms. The normalized spacial score (nSPS) is 20.9. The van der Waals surface area contributed by atoms with Crippen molar-refractivity contribution in [2.75, 3.05) is 13.1 Å². The number of piperidine rings is 1. The minimum Gasteiger partial charge on any atom is -0.355 e. The Labute approximate surface area is 200 Å². The van der Waals surface area contributed by atoms with Gasteiger partial charge in [-0.05, 0) is 50.8 Å². The second-order valence-electron chi connectivity index (χ2n) is 9.22. The highest BCUT2D eigenvalue weighted by Crippen LogP contribution is 2.30. The fourth-order valence-corrected chi connectivity index (χ4v) is 6.60. The lowest BCUT2D eigenvalue weighted by Gasteiger charge is -2.32. The number of halogens is 1. The molecule has 1 aliphatic carbocycles. The first-order valence-corrected chi connectivity index (χ1v) is 13.5.